The molecule has 1 aliphatic carbocycles. The van der Waals surface area contributed by atoms with E-state index in [1.54, 1.807) is 32.9 Å². The van der Waals surface area contributed by atoms with Gasteiger partial charge in [-0.2, -0.15) is 0 Å². The minimum absolute atomic E-state index is 0.147. The molecule has 1 fully saturated rings. The fraction of sp³-hybridized carbons (Fsp3) is 0.562. The molecule has 0 aromatic heterocycles. The van der Waals surface area contributed by atoms with E-state index in [4.69, 9.17) is 20.2 Å². The van der Waals surface area contributed by atoms with Crippen LogP contribution >= 0.6 is 0 Å². The van der Waals surface area contributed by atoms with Gasteiger partial charge in [0.25, 0.3) is 0 Å². The second-order valence-corrected chi connectivity index (χ2v) is 6.79. The average Bonchev–Trinajstić information content (AvgIpc) is 3.20. The molecular weight excluding hydrogens is 300 g/mol. The van der Waals surface area contributed by atoms with Crippen LogP contribution in [0.4, 0.5) is 10.5 Å². The van der Waals surface area contributed by atoms with Crippen molar-refractivity contribution in [1.29, 1.82) is 0 Å². The maximum Gasteiger partial charge on any atom is 0.412 e. The van der Waals surface area contributed by atoms with Gasteiger partial charge in [-0.1, -0.05) is 0 Å². The molecule has 4 N–H and O–H groups in total. The number of benzene rings is 1. The fourth-order valence-electron chi connectivity index (χ4n) is 2.41. The predicted molar refractivity (Wildman–Crippen MR) is 85.6 cm³/mol. The average molecular weight is 324 g/mol. The Kier molecular flexibility index (Phi) is 4.72. The summed E-state index contributed by atoms with van der Waals surface area (Å²) in [4.78, 5) is 16.8. The molecule has 2 rings (SSSR count). The summed E-state index contributed by atoms with van der Waals surface area (Å²) >= 11 is 0. The third kappa shape index (κ3) is 4.05. The summed E-state index contributed by atoms with van der Waals surface area (Å²) < 4.78 is 10.4. The number of ether oxygens (including phenoxy) is 2. The number of methoxy groups -OCH3 is 1. The molecule has 128 valence electrons. The molecule has 0 unspecified atom stereocenters. The number of hydrogen-bond acceptors (Lipinski definition) is 6. The topological polar surface area (TPSA) is 103 Å². The number of carbonyl (C=O) groups excluding carboxylic acids is 1. The van der Waals surface area contributed by atoms with Gasteiger partial charge in [0.15, 0.2) is 11.5 Å². The first kappa shape index (κ1) is 17.4. The van der Waals surface area contributed by atoms with Gasteiger partial charge in [-0.15, -0.1) is 0 Å². The van der Waals surface area contributed by atoms with Crippen molar-refractivity contribution in [2.24, 2.45) is 5.90 Å². The molecule has 0 aliphatic heterocycles. The van der Waals surface area contributed by atoms with Gasteiger partial charge >= 0.3 is 6.09 Å². The fourth-order valence-corrected chi connectivity index (χ4v) is 2.41. The normalized spacial score (nSPS) is 15.9. The number of amides is 1. The third-order valence-electron chi connectivity index (χ3n) is 3.76. The van der Waals surface area contributed by atoms with E-state index < -0.39 is 11.7 Å². The van der Waals surface area contributed by atoms with Crippen LogP contribution in [0.15, 0.2) is 12.1 Å². The summed E-state index contributed by atoms with van der Waals surface area (Å²) in [6.07, 6.45) is 1.19. The lowest BCUT2D eigenvalue weighted by atomic mass is 9.95. The van der Waals surface area contributed by atoms with Gasteiger partial charge in [0.1, 0.15) is 5.60 Å². The number of phenols is 1. The van der Waals surface area contributed by atoms with Crippen LogP contribution < -0.4 is 16.0 Å². The first-order chi connectivity index (χ1) is 10.7. The SMILES string of the molecule is COc1cc(C2(CON)CC2)cc(NC(=O)OC(C)(C)C)c1O. The minimum Gasteiger partial charge on any atom is -0.503 e. The van der Waals surface area contributed by atoms with E-state index in [0.29, 0.717) is 6.61 Å². The van der Waals surface area contributed by atoms with Crippen LogP contribution in [0, 0.1) is 0 Å². The zero-order chi connectivity index (χ0) is 17.3. The third-order valence-corrected chi connectivity index (χ3v) is 3.76. The summed E-state index contributed by atoms with van der Waals surface area (Å²) in [7, 11) is 1.45. The van der Waals surface area contributed by atoms with Crippen molar-refractivity contribution in [3.63, 3.8) is 0 Å². The molecule has 0 bridgehead atoms. The molecule has 1 aromatic rings. The van der Waals surface area contributed by atoms with Crippen LogP contribution in [0.2, 0.25) is 0 Å². The molecule has 23 heavy (non-hydrogen) atoms. The van der Waals surface area contributed by atoms with Crippen LogP contribution in [0.1, 0.15) is 39.2 Å². The van der Waals surface area contributed by atoms with Crippen LogP contribution in [0.3, 0.4) is 0 Å². The van der Waals surface area contributed by atoms with Crippen LogP contribution in [0.5, 0.6) is 11.5 Å². The largest absolute Gasteiger partial charge is 0.503 e. The Hall–Kier alpha value is -1.99. The summed E-state index contributed by atoms with van der Waals surface area (Å²) in [6.45, 7) is 5.66. The van der Waals surface area contributed by atoms with Crippen LogP contribution in [0.25, 0.3) is 0 Å². The van der Waals surface area contributed by atoms with Gasteiger partial charge in [-0.05, 0) is 51.3 Å². The number of carbonyl (C=O) groups is 1. The Labute approximate surface area is 135 Å². The van der Waals surface area contributed by atoms with Gasteiger partial charge in [0.05, 0.1) is 19.4 Å². The van der Waals surface area contributed by atoms with Gasteiger partial charge < -0.3 is 19.4 Å². The van der Waals surface area contributed by atoms with Crippen molar-refractivity contribution in [2.75, 3.05) is 19.0 Å². The highest BCUT2D eigenvalue weighted by molar-refractivity contribution is 5.88. The molecule has 1 saturated carbocycles. The van der Waals surface area contributed by atoms with Crippen molar-refractivity contribution < 1.29 is 24.2 Å². The minimum atomic E-state index is -0.646. The van der Waals surface area contributed by atoms with E-state index in [9.17, 15) is 9.90 Å². The van der Waals surface area contributed by atoms with Crippen molar-refractivity contribution in [2.45, 2.75) is 44.6 Å². The zero-order valence-corrected chi connectivity index (χ0v) is 13.9. The lowest BCUT2D eigenvalue weighted by Gasteiger charge is -2.21. The van der Waals surface area contributed by atoms with E-state index in [-0.39, 0.29) is 22.6 Å². The zero-order valence-electron chi connectivity index (χ0n) is 13.9. The highest BCUT2D eigenvalue weighted by Gasteiger charge is 2.45. The van der Waals surface area contributed by atoms with Crippen molar-refractivity contribution in [1.82, 2.24) is 0 Å². The first-order valence-electron chi connectivity index (χ1n) is 7.44. The second-order valence-electron chi connectivity index (χ2n) is 6.79. The Bertz CT molecular complexity index is 591. The molecule has 7 heteroatoms. The Morgan fingerprint density at radius 1 is 1.39 bits per heavy atom. The van der Waals surface area contributed by atoms with Gasteiger partial charge in [0, 0.05) is 5.41 Å². The highest BCUT2D eigenvalue weighted by Crippen LogP contribution is 2.51. The quantitative estimate of drug-likeness (QED) is 0.568. The lowest BCUT2D eigenvalue weighted by molar-refractivity contribution is 0.0635. The van der Waals surface area contributed by atoms with E-state index >= 15 is 0 Å². The molecule has 1 aliphatic rings. The molecule has 1 amide bonds. The van der Waals surface area contributed by atoms with Crippen LogP contribution in [-0.2, 0) is 15.0 Å². The number of anilines is 1. The van der Waals surface area contributed by atoms with E-state index in [0.717, 1.165) is 18.4 Å². The number of aromatic hydroxyl groups is 1. The van der Waals surface area contributed by atoms with Crippen molar-refractivity contribution in [3.8, 4) is 11.5 Å². The molecule has 7 nitrogen and oxygen atoms in total. The summed E-state index contributed by atoms with van der Waals surface area (Å²) in [5, 5.41) is 12.8. The lowest BCUT2D eigenvalue weighted by Crippen LogP contribution is -2.27. The van der Waals surface area contributed by atoms with Crippen molar-refractivity contribution >= 4 is 11.8 Å². The van der Waals surface area contributed by atoms with E-state index in [1.807, 2.05) is 0 Å². The van der Waals surface area contributed by atoms with Gasteiger partial charge in [-0.3, -0.25) is 5.32 Å². The number of nitrogens with two attached hydrogens (primary N) is 1. The number of rotatable bonds is 5. The van der Waals surface area contributed by atoms with Gasteiger partial charge in [-0.25, -0.2) is 10.7 Å². The summed E-state index contributed by atoms with van der Waals surface area (Å²) in [5.41, 5.74) is 0.299. The summed E-state index contributed by atoms with van der Waals surface area (Å²) in [5.74, 6) is 5.34. The Morgan fingerprint density at radius 2 is 2.04 bits per heavy atom. The predicted octanol–water partition coefficient (Wildman–Crippen LogP) is 2.67. The maximum absolute atomic E-state index is 12.0. The monoisotopic (exact) mass is 324 g/mol. The Morgan fingerprint density at radius 3 is 2.52 bits per heavy atom. The molecule has 1 aromatic carbocycles. The molecule has 0 saturated heterocycles. The molecule has 0 atom stereocenters. The number of nitrogens with one attached hydrogen (secondary N) is 1. The number of phenolic OH excluding ortho intramolecular Hbond substituents is 1. The maximum atomic E-state index is 12.0. The standard InChI is InChI=1S/C16H24N2O5/c1-15(2,3)23-14(20)18-11-7-10(8-12(21-4)13(11)19)16(5-6-16)9-22-17/h7-8,19H,5-6,9,17H2,1-4H3,(H,18,20). The van der Waals surface area contributed by atoms with Crippen LogP contribution in [-0.4, -0.2) is 30.5 Å². The van der Waals surface area contributed by atoms with E-state index in [2.05, 4.69) is 5.32 Å². The highest BCUT2D eigenvalue weighted by atomic mass is 16.6. The molecule has 0 radical (unpaired) electrons. The summed E-state index contributed by atoms with van der Waals surface area (Å²) in [6, 6.07) is 3.44. The van der Waals surface area contributed by atoms with Gasteiger partial charge in [0.2, 0.25) is 0 Å². The van der Waals surface area contributed by atoms with E-state index in [1.165, 1.54) is 7.11 Å². The van der Waals surface area contributed by atoms with Crippen molar-refractivity contribution in [3.05, 3.63) is 17.7 Å². The second kappa shape index (κ2) is 6.25. The first-order valence-corrected chi connectivity index (χ1v) is 7.44. The molecule has 0 heterocycles. The molecule has 0 spiro atoms. The molecular formula is C16H24N2O5. The smallest absolute Gasteiger partial charge is 0.412 e. The Balaban J connectivity index is 2.30. The number of hydrogen-bond donors (Lipinski definition) is 3.